The highest BCUT2D eigenvalue weighted by atomic mass is 32.2. The average Bonchev–Trinajstić information content (AvgIpc) is 2.68. The van der Waals surface area contributed by atoms with Crippen LogP contribution in [-0.2, 0) is 9.84 Å². The lowest BCUT2D eigenvalue weighted by molar-refractivity contribution is 0.248. The van der Waals surface area contributed by atoms with Gasteiger partial charge in [0.2, 0.25) is 0 Å². The number of hydrogen-bond donors (Lipinski definition) is 1. The van der Waals surface area contributed by atoms with E-state index in [1.54, 1.807) is 0 Å². The van der Waals surface area contributed by atoms with E-state index >= 15 is 0 Å². The molecule has 1 rings (SSSR count). The minimum absolute atomic E-state index is 0.240. The summed E-state index contributed by atoms with van der Waals surface area (Å²) in [4.78, 5) is 2.22. The van der Waals surface area contributed by atoms with Gasteiger partial charge in [0.25, 0.3) is 0 Å². The third kappa shape index (κ3) is 5.24. The summed E-state index contributed by atoms with van der Waals surface area (Å²) in [5.74, 6) is 1.45. The van der Waals surface area contributed by atoms with Crippen LogP contribution in [0.2, 0.25) is 0 Å². The van der Waals surface area contributed by atoms with Gasteiger partial charge >= 0.3 is 0 Å². The molecule has 18 heavy (non-hydrogen) atoms. The molecule has 1 aliphatic rings. The van der Waals surface area contributed by atoms with Crippen LogP contribution in [0.1, 0.15) is 39.0 Å². The number of nitrogens with zero attached hydrogens (tertiary/aromatic N) is 1. The Labute approximate surface area is 112 Å². The Hall–Kier alpha value is -0.130. The molecule has 0 bridgehead atoms. The molecule has 1 aliphatic heterocycles. The van der Waals surface area contributed by atoms with Crippen molar-refractivity contribution in [2.24, 2.45) is 11.7 Å². The molecule has 0 saturated carbocycles. The molecule has 5 heteroatoms. The van der Waals surface area contributed by atoms with Crippen LogP contribution < -0.4 is 5.73 Å². The van der Waals surface area contributed by atoms with Gasteiger partial charge in [-0.15, -0.1) is 0 Å². The maximum Gasteiger partial charge on any atom is 0.151 e. The molecule has 1 heterocycles. The van der Waals surface area contributed by atoms with Crippen molar-refractivity contribution >= 4 is 9.84 Å². The Kier molecular flexibility index (Phi) is 6.60. The molecule has 2 atom stereocenters. The predicted molar refractivity (Wildman–Crippen MR) is 76.4 cm³/mol. The third-order valence-electron chi connectivity index (χ3n) is 4.11. The van der Waals surface area contributed by atoms with Crippen molar-refractivity contribution in [1.29, 1.82) is 0 Å². The summed E-state index contributed by atoms with van der Waals surface area (Å²) < 4.78 is 22.8. The predicted octanol–water partition coefficient (Wildman–Crippen LogP) is 1.26. The molecule has 0 radical (unpaired) electrons. The minimum Gasteiger partial charge on any atom is -0.330 e. The van der Waals surface area contributed by atoms with Crippen LogP contribution in [0.3, 0.4) is 0 Å². The molecule has 2 unspecified atom stereocenters. The monoisotopic (exact) mass is 276 g/mol. The molecule has 2 N–H and O–H groups in total. The van der Waals surface area contributed by atoms with Crippen LogP contribution in [0, 0.1) is 5.92 Å². The SMILES string of the molecule is CCC(CCN)CCCN(C)C1CCS(=O)(=O)C1. The second-order valence-electron chi connectivity index (χ2n) is 5.53. The van der Waals surface area contributed by atoms with E-state index in [-0.39, 0.29) is 6.04 Å². The van der Waals surface area contributed by atoms with Crippen molar-refractivity contribution in [3.8, 4) is 0 Å². The summed E-state index contributed by atoms with van der Waals surface area (Å²) in [5.41, 5.74) is 5.59. The van der Waals surface area contributed by atoms with E-state index in [1.165, 1.54) is 12.8 Å². The highest BCUT2D eigenvalue weighted by Crippen LogP contribution is 2.19. The van der Waals surface area contributed by atoms with Crippen molar-refractivity contribution in [2.45, 2.75) is 45.1 Å². The summed E-state index contributed by atoms with van der Waals surface area (Å²) >= 11 is 0. The van der Waals surface area contributed by atoms with E-state index in [0.717, 1.165) is 38.3 Å². The fraction of sp³-hybridized carbons (Fsp3) is 1.00. The van der Waals surface area contributed by atoms with Gasteiger partial charge in [0.05, 0.1) is 11.5 Å². The van der Waals surface area contributed by atoms with Crippen molar-refractivity contribution in [2.75, 3.05) is 31.6 Å². The largest absolute Gasteiger partial charge is 0.330 e. The molecule has 0 spiro atoms. The van der Waals surface area contributed by atoms with Gasteiger partial charge in [-0.2, -0.15) is 0 Å². The fourth-order valence-electron chi connectivity index (χ4n) is 2.72. The van der Waals surface area contributed by atoms with Gasteiger partial charge in [-0.3, -0.25) is 0 Å². The van der Waals surface area contributed by atoms with E-state index in [2.05, 4.69) is 18.9 Å². The van der Waals surface area contributed by atoms with Crippen LogP contribution in [0.25, 0.3) is 0 Å². The first-order chi connectivity index (χ1) is 8.48. The molecule has 0 aromatic rings. The first-order valence-corrected chi connectivity index (χ1v) is 8.91. The Bertz CT molecular complexity index is 330. The summed E-state index contributed by atoms with van der Waals surface area (Å²) in [7, 11) is -0.702. The second-order valence-corrected chi connectivity index (χ2v) is 7.76. The zero-order valence-electron chi connectivity index (χ0n) is 11.8. The van der Waals surface area contributed by atoms with Gasteiger partial charge in [-0.05, 0) is 51.7 Å². The van der Waals surface area contributed by atoms with Crippen molar-refractivity contribution in [1.82, 2.24) is 4.90 Å². The first-order valence-electron chi connectivity index (χ1n) is 7.09. The highest BCUT2D eigenvalue weighted by molar-refractivity contribution is 7.91. The molecule has 0 aromatic heterocycles. The zero-order valence-corrected chi connectivity index (χ0v) is 12.6. The molecule has 0 aliphatic carbocycles. The lowest BCUT2D eigenvalue weighted by Gasteiger charge is -2.24. The fourth-order valence-corrected chi connectivity index (χ4v) is 4.53. The van der Waals surface area contributed by atoms with Gasteiger partial charge in [0, 0.05) is 6.04 Å². The Morgan fingerprint density at radius 2 is 2.11 bits per heavy atom. The lowest BCUT2D eigenvalue weighted by atomic mass is 9.96. The standard InChI is InChI=1S/C13H28N2O2S/c1-3-12(6-8-14)5-4-9-15(2)13-7-10-18(16,17)11-13/h12-13H,3-11,14H2,1-2H3. The quantitative estimate of drug-likeness (QED) is 0.725. The molecular formula is C13H28N2O2S. The summed E-state index contributed by atoms with van der Waals surface area (Å²) in [5, 5.41) is 0. The van der Waals surface area contributed by atoms with E-state index in [1.807, 2.05) is 0 Å². The van der Waals surface area contributed by atoms with Crippen molar-refractivity contribution in [3.63, 3.8) is 0 Å². The maximum absolute atomic E-state index is 11.4. The third-order valence-corrected chi connectivity index (χ3v) is 5.86. The summed E-state index contributed by atoms with van der Waals surface area (Å²) in [6.07, 6.45) is 5.46. The Morgan fingerprint density at radius 3 is 2.61 bits per heavy atom. The van der Waals surface area contributed by atoms with Crippen LogP contribution in [0.5, 0.6) is 0 Å². The minimum atomic E-state index is -2.75. The Balaban J connectivity index is 2.23. The average molecular weight is 276 g/mol. The molecular weight excluding hydrogens is 248 g/mol. The van der Waals surface area contributed by atoms with Gasteiger partial charge in [-0.1, -0.05) is 13.3 Å². The lowest BCUT2D eigenvalue weighted by Crippen LogP contribution is -2.33. The molecule has 0 aromatic carbocycles. The van der Waals surface area contributed by atoms with Crippen molar-refractivity contribution < 1.29 is 8.42 Å². The van der Waals surface area contributed by atoms with E-state index in [4.69, 9.17) is 5.73 Å². The normalized spacial score (nSPS) is 24.6. The zero-order chi connectivity index (χ0) is 13.6. The molecule has 1 saturated heterocycles. The summed E-state index contributed by atoms with van der Waals surface area (Å²) in [6.45, 7) is 3.99. The van der Waals surface area contributed by atoms with Gasteiger partial charge in [0.1, 0.15) is 0 Å². The van der Waals surface area contributed by atoms with Crippen LogP contribution in [0.15, 0.2) is 0 Å². The van der Waals surface area contributed by atoms with E-state index in [0.29, 0.717) is 11.5 Å². The molecule has 0 amide bonds. The number of rotatable bonds is 8. The molecule has 108 valence electrons. The van der Waals surface area contributed by atoms with E-state index in [9.17, 15) is 8.42 Å². The smallest absolute Gasteiger partial charge is 0.151 e. The second kappa shape index (κ2) is 7.46. The number of sulfone groups is 1. The van der Waals surface area contributed by atoms with E-state index < -0.39 is 9.84 Å². The highest BCUT2D eigenvalue weighted by Gasteiger charge is 2.30. The molecule has 4 nitrogen and oxygen atoms in total. The topological polar surface area (TPSA) is 63.4 Å². The Morgan fingerprint density at radius 1 is 1.39 bits per heavy atom. The summed E-state index contributed by atoms with van der Waals surface area (Å²) in [6, 6.07) is 0.240. The maximum atomic E-state index is 11.4. The van der Waals surface area contributed by atoms with Crippen LogP contribution >= 0.6 is 0 Å². The first kappa shape index (κ1) is 15.9. The van der Waals surface area contributed by atoms with Gasteiger partial charge < -0.3 is 10.6 Å². The van der Waals surface area contributed by atoms with Crippen molar-refractivity contribution in [3.05, 3.63) is 0 Å². The number of hydrogen-bond acceptors (Lipinski definition) is 4. The molecule has 1 fully saturated rings. The van der Waals surface area contributed by atoms with Gasteiger partial charge in [0.15, 0.2) is 9.84 Å². The van der Waals surface area contributed by atoms with Gasteiger partial charge in [-0.25, -0.2) is 8.42 Å². The van der Waals surface area contributed by atoms with Crippen LogP contribution in [-0.4, -0.2) is 51.0 Å². The van der Waals surface area contributed by atoms with Crippen LogP contribution in [0.4, 0.5) is 0 Å². The number of nitrogens with two attached hydrogens (primary N) is 1.